The van der Waals surface area contributed by atoms with Crippen LogP contribution in [-0.2, 0) is 0 Å². The number of ether oxygens (including phenoxy) is 1. The molecule has 0 spiro atoms. The lowest BCUT2D eigenvalue weighted by Crippen LogP contribution is -2.12. The van der Waals surface area contributed by atoms with Gasteiger partial charge in [0, 0.05) is 4.47 Å². The maximum atomic E-state index is 13.4. The second-order valence-electron chi connectivity index (χ2n) is 4.30. The fourth-order valence-electron chi connectivity index (χ4n) is 1.93. The molecule has 0 heterocycles. The molecule has 20 heavy (non-hydrogen) atoms. The molecule has 2 rings (SSSR count). The van der Waals surface area contributed by atoms with E-state index in [9.17, 15) is 4.39 Å². The zero-order valence-corrected chi connectivity index (χ0v) is 14.0. The summed E-state index contributed by atoms with van der Waals surface area (Å²) in [5.74, 6) is 0.457. The van der Waals surface area contributed by atoms with Crippen LogP contribution in [0.4, 0.5) is 4.39 Å². The molecule has 0 saturated carbocycles. The number of hydrogen-bond donors (Lipinski definition) is 1. The van der Waals surface area contributed by atoms with Crippen molar-refractivity contribution in [3.05, 3.63) is 62.3 Å². The Kier molecular flexibility index (Phi) is 5.18. The Morgan fingerprint density at radius 1 is 1.15 bits per heavy atom. The molecule has 5 heteroatoms. The summed E-state index contributed by atoms with van der Waals surface area (Å²) in [6, 6.07) is 9.92. The maximum absolute atomic E-state index is 13.4. The predicted octanol–water partition coefficient (Wildman–Crippen LogP) is 4.80. The first-order chi connectivity index (χ1) is 9.51. The van der Waals surface area contributed by atoms with Gasteiger partial charge in [-0.25, -0.2) is 4.39 Å². The van der Waals surface area contributed by atoms with Crippen LogP contribution >= 0.6 is 31.9 Å². The van der Waals surface area contributed by atoms with Gasteiger partial charge in [-0.2, -0.15) is 0 Å². The van der Waals surface area contributed by atoms with Gasteiger partial charge < -0.3 is 10.5 Å². The van der Waals surface area contributed by atoms with E-state index < -0.39 is 6.04 Å². The lowest BCUT2D eigenvalue weighted by Gasteiger charge is -2.15. The van der Waals surface area contributed by atoms with E-state index in [2.05, 4.69) is 31.9 Å². The van der Waals surface area contributed by atoms with Crippen molar-refractivity contribution in [1.29, 1.82) is 0 Å². The molecule has 0 aliphatic heterocycles. The zero-order chi connectivity index (χ0) is 14.7. The van der Waals surface area contributed by atoms with E-state index in [0.717, 1.165) is 15.8 Å². The number of rotatable bonds is 4. The van der Waals surface area contributed by atoms with E-state index in [1.165, 1.54) is 12.1 Å². The van der Waals surface area contributed by atoms with Crippen LogP contribution in [0, 0.1) is 5.82 Å². The Balaban J connectivity index is 2.33. The van der Waals surface area contributed by atoms with Gasteiger partial charge in [0.25, 0.3) is 0 Å². The fraction of sp³-hybridized carbons (Fsp3) is 0.200. The molecule has 106 valence electrons. The van der Waals surface area contributed by atoms with Gasteiger partial charge in [-0.1, -0.05) is 22.0 Å². The van der Waals surface area contributed by atoms with Gasteiger partial charge >= 0.3 is 0 Å². The average molecular weight is 403 g/mol. The van der Waals surface area contributed by atoms with E-state index in [1.54, 1.807) is 0 Å². The summed E-state index contributed by atoms with van der Waals surface area (Å²) in [5, 5.41) is 0. The van der Waals surface area contributed by atoms with Crippen molar-refractivity contribution < 1.29 is 9.13 Å². The molecule has 0 radical (unpaired) electrons. The molecule has 0 amide bonds. The van der Waals surface area contributed by atoms with E-state index >= 15 is 0 Å². The molecule has 2 nitrogen and oxygen atoms in total. The van der Waals surface area contributed by atoms with E-state index in [1.807, 2.05) is 31.2 Å². The Labute approximate surface area is 134 Å². The van der Waals surface area contributed by atoms with Crippen molar-refractivity contribution >= 4 is 31.9 Å². The van der Waals surface area contributed by atoms with Crippen molar-refractivity contribution in [2.24, 2.45) is 5.73 Å². The lowest BCUT2D eigenvalue weighted by atomic mass is 9.99. The Morgan fingerprint density at radius 2 is 1.90 bits per heavy atom. The van der Waals surface area contributed by atoms with Crippen LogP contribution < -0.4 is 10.5 Å². The maximum Gasteiger partial charge on any atom is 0.133 e. The minimum Gasteiger partial charge on any atom is -0.493 e. The number of benzene rings is 2. The van der Waals surface area contributed by atoms with Crippen LogP contribution in [0.5, 0.6) is 5.75 Å². The highest BCUT2D eigenvalue weighted by Crippen LogP contribution is 2.30. The number of halogens is 3. The first-order valence-corrected chi connectivity index (χ1v) is 7.73. The average Bonchev–Trinajstić information content (AvgIpc) is 2.39. The van der Waals surface area contributed by atoms with Crippen molar-refractivity contribution in [2.75, 3.05) is 6.61 Å². The lowest BCUT2D eigenvalue weighted by molar-refractivity contribution is 0.338. The topological polar surface area (TPSA) is 35.2 Å². The van der Waals surface area contributed by atoms with Crippen LogP contribution in [0.25, 0.3) is 0 Å². The molecular formula is C15H14Br2FNO. The van der Waals surface area contributed by atoms with Gasteiger partial charge in [-0.3, -0.25) is 0 Å². The normalized spacial score (nSPS) is 12.2. The molecule has 2 aromatic rings. The molecule has 1 atom stereocenters. The van der Waals surface area contributed by atoms with Crippen molar-refractivity contribution in [1.82, 2.24) is 0 Å². The third kappa shape index (κ3) is 3.59. The van der Waals surface area contributed by atoms with Crippen LogP contribution in [0.1, 0.15) is 24.1 Å². The first-order valence-electron chi connectivity index (χ1n) is 6.15. The second-order valence-corrected chi connectivity index (χ2v) is 6.07. The van der Waals surface area contributed by atoms with E-state index in [0.29, 0.717) is 16.6 Å². The minimum atomic E-state index is -0.394. The largest absolute Gasteiger partial charge is 0.493 e. The second kappa shape index (κ2) is 6.70. The van der Waals surface area contributed by atoms with Gasteiger partial charge in [0.2, 0.25) is 0 Å². The van der Waals surface area contributed by atoms with Crippen molar-refractivity contribution in [3.63, 3.8) is 0 Å². The summed E-state index contributed by atoms with van der Waals surface area (Å²) in [7, 11) is 0. The summed E-state index contributed by atoms with van der Waals surface area (Å²) in [5.41, 5.74) is 7.80. The third-order valence-electron chi connectivity index (χ3n) is 2.86. The summed E-state index contributed by atoms with van der Waals surface area (Å²) < 4.78 is 20.4. The standard InChI is InChI=1S/C15H14Br2FNO/c1-2-20-14-4-3-9(7-13(14)17)15(19)10-5-11(16)8-12(18)6-10/h3-8,15H,2,19H2,1H3. The van der Waals surface area contributed by atoms with Gasteiger partial charge in [-0.15, -0.1) is 0 Å². The third-order valence-corrected chi connectivity index (χ3v) is 3.94. The van der Waals surface area contributed by atoms with Gasteiger partial charge in [0.1, 0.15) is 11.6 Å². The highest BCUT2D eigenvalue weighted by Gasteiger charge is 2.13. The van der Waals surface area contributed by atoms with Gasteiger partial charge in [0.15, 0.2) is 0 Å². The quantitative estimate of drug-likeness (QED) is 0.797. The van der Waals surface area contributed by atoms with Crippen LogP contribution in [0.15, 0.2) is 45.3 Å². The molecule has 0 fully saturated rings. The number of nitrogens with two attached hydrogens (primary N) is 1. The van der Waals surface area contributed by atoms with Gasteiger partial charge in [0.05, 0.1) is 17.1 Å². The van der Waals surface area contributed by atoms with Crippen LogP contribution in [-0.4, -0.2) is 6.61 Å². The molecular weight excluding hydrogens is 389 g/mol. The predicted molar refractivity (Wildman–Crippen MR) is 85.4 cm³/mol. The van der Waals surface area contributed by atoms with Crippen LogP contribution in [0.2, 0.25) is 0 Å². The molecule has 0 aliphatic carbocycles. The molecule has 1 unspecified atom stereocenters. The molecule has 0 bridgehead atoms. The monoisotopic (exact) mass is 401 g/mol. The van der Waals surface area contributed by atoms with E-state index in [4.69, 9.17) is 10.5 Å². The number of hydrogen-bond acceptors (Lipinski definition) is 2. The first kappa shape index (κ1) is 15.5. The molecule has 2 aromatic carbocycles. The summed E-state index contributed by atoms with van der Waals surface area (Å²) in [6.45, 7) is 2.53. The Morgan fingerprint density at radius 3 is 2.50 bits per heavy atom. The SMILES string of the molecule is CCOc1ccc(C(N)c2cc(F)cc(Br)c2)cc1Br. The summed E-state index contributed by atoms with van der Waals surface area (Å²) in [4.78, 5) is 0. The minimum absolute atomic E-state index is 0.310. The highest BCUT2D eigenvalue weighted by molar-refractivity contribution is 9.10. The molecule has 0 saturated heterocycles. The highest BCUT2D eigenvalue weighted by atomic mass is 79.9. The zero-order valence-electron chi connectivity index (χ0n) is 10.9. The smallest absolute Gasteiger partial charge is 0.133 e. The fourth-order valence-corrected chi connectivity index (χ4v) is 2.92. The van der Waals surface area contributed by atoms with Crippen molar-refractivity contribution in [3.8, 4) is 5.75 Å². The van der Waals surface area contributed by atoms with Crippen molar-refractivity contribution in [2.45, 2.75) is 13.0 Å². The molecule has 0 aliphatic rings. The summed E-state index contributed by atoms with van der Waals surface area (Å²) >= 11 is 6.73. The molecule has 2 N–H and O–H groups in total. The van der Waals surface area contributed by atoms with Gasteiger partial charge in [-0.05, 0) is 64.3 Å². The van der Waals surface area contributed by atoms with Crippen LogP contribution in [0.3, 0.4) is 0 Å². The van der Waals surface area contributed by atoms with E-state index in [-0.39, 0.29) is 5.82 Å². The summed E-state index contributed by atoms with van der Waals surface area (Å²) in [6.07, 6.45) is 0. The molecule has 0 aromatic heterocycles. The Bertz CT molecular complexity index is 599. The Hall–Kier alpha value is -0.910.